The monoisotopic (exact) mass is 373 g/mol. The molecule has 1 saturated heterocycles. The predicted molar refractivity (Wildman–Crippen MR) is 110 cm³/mol. The molecule has 1 aliphatic heterocycles. The highest BCUT2D eigenvalue weighted by Gasteiger charge is 2.55. The van der Waals surface area contributed by atoms with E-state index in [1.54, 1.807) is 12.2 Å². The van der Waals surface area contributed by atoms with Gasteiger partial charge < -0.3 is 9.47 Å². The molecule has 0 radical (unpaired) electrons. The first-order valence-electron chi connectivity index (χ1n) is 9.68. The van der Waals surface area contributed by atoms with Gasteiger partial charge in [0.1, 0.15) is 6.10 Å². The number of ether oxygens (including phenoxy) is 2. The Morgan fingerprint density at radius 2 is 1.44 bits per heavy atom. The van der Waals surface area contributed by atoms with Crippen molar-refractivity contribution in [2.45, 2.75) is 70.4 Å². The van der Waals surface area contributed by atoms with E-state index in [0.717, 1.165) is 5.56 Å². The van der Waals surface area contributed by atoms with Crippen LogP contribution in [0.5, 0.6) is 0 Å². The van der Waals surface area contributed by atoms with E-state index in [-0.39, 0.29) is 17.2 Å². The Morgan fingerprint density at radius 3 is 1.89 bits per heavy atom. The van der Waals surface area contributed by atoms with Crippen molar-refractivity contribution in [1.29, 1.82) is 0 Å². The van der Waals surface area contributed by atoms with E-state index >= 15 is 0 Å². The third-order valence-corrected chi connectivity index (χ3v) is 4.96. The molecule has 1 aliphatic rings. The fourth-order valence-electron chi connectivity index (χ4n) is 4.24. The molecule has 0 aliphatic carbocycles. The van der Waals surface area contributed by atoms with Crippen molar-refractivity contribution in [2.75, 3.05) is 13.2 Å². The molecule has 0 aromatic heterocycles. The second-order valence-electron chi connectivity index (χ2n) is 8.54. The first kappa shape index (κ1) is 21.8. The van der Waals surface area contributed by atoms with E-state index < -0.39 is 5.79 Å². The molecular weight excluding hydrogens is 338 g/mol. The van der Waals surface area contributed by atoms with Crippen LogP contribution in [-0.2, 0) is 14.3 Å². The smallest absolute Gasteiger partial charge is 0.172 e. The van der Waals surface area contributed by atoms with Gasteiger partial charge in [-0.3, -0.25) is 4.84 Å². The molecule has 0 amide bonds. The topological polar surface area (TPSA) is 30.9 Å². The van der Waals surface area contributed by atoms with Crippen LogP contribution in [0.3, 0.4) is 0 Å². The summed E-state index contributed by atoms with van der Waals surface area (Å²) in [5.41, 5.74) is 0.590. The fraction of sp³-hybridized carbons (Fsp3) is 0.565. The van der Waals surface area contributed by atoms with Gasteiger partial charge in [0.2, 0.25) is 0 Å². The van der Waals surface area contributed by atoms with Crippen LogP contribution >= 0.6 is 0 Å². The Kier molecular flexibility index (Phi) is 7.03. The summed E-state index contributed by atoms with van der Waals surface area (Å²) in [4.78, 5) is 6.49. The van der Waals surface area contributed by atoms with E-state index in [4.69, 9.17) is 14.3 Å². The second-order valence-corrected chi connectivity index (χ2v) is 8.54. The van der Waals surface area contributed by atoms with Gasteiger partial charge in [-0.1, -0.05) is 42.5 Å². The summed E-state index contributed by atoms with van der Waals surface area (Å²) in [6.07, 6.45) is 4.86. The minimum Gasteiger partial charge on any atom is -0.346 e. The predicted octanol–water partition coefficient (Wildman–Crippen LogP) is 5.43. The van der Waals surface area contributed by atoms with Gasteiger partial charge in [0.25, 0.3) is 0 Å². The maximum atomic E-state index is 6.49. The fourth-order valence-corrected chi connectivity index (χ4v) is 4.24. The molecule has 1 heterocycles. The quantitative estimate of drug-likeness (QED) is 0.426. The minimum atomic E-state index is -0.689. The number of hydrogen-bond donors (Lipinski definition) is 0. The van der Waals surface area contributed by atoms with Crippen LogP contribution in [0.25, 0.3) is 0 Å². The molecule has 1 unspecified atom stereocenters. The zero-order valence-electron chi connectivity index (χ0n) is 17.5. The van der Waals surface area contributed by atoms with Crippen LogP contribution < -0.4 is 0 Å². The van der Waals surface area contributed by atoms with Gasteiger partial charge in [0, 0.05) is 23.9 Å². The van der Waals surface area contributed by atoms with Gasteiger partial charge in [-0.15, -0.1) is 13.2 Å². The van der Waals surface area contributed by atoms with Crippen molar-refractivity contribution in [2.24, 2.45) is 0 Å². The largest absolute Gasteiger partial charge is 0.346 e. The number of hydroxylamine groups is 2. The molecule has 0 saturated carbocycles. The Hall–Kier alpha value is -1.46. The molecule has 150 valence electrons. The number of piperidine rings is 1. The zero-order chi connectivity index (χ0) is 20.1. The number of hydrogen-bond acceptors (Lipinski definition) is 4. The maximum absolute atomic E-state index is 6.49. The lowest BCUT2D eigenvalue weighted by molar-refractivity contribution is -0.365. The van der Waals surface area contributed by atoms with E-state index in [1.165, 1.54) is 0 Å². The summed E-state index contributed by atoms with van der Waals surface area (Å²) in [7, 11) is 0. The highest BCUT2D eigenvalue weighted by molar-refractivity contribution is 5.17. The number of benzene rings is 1. The number of rotatable bonds is 9. The van der Waals surface area contributed by atoms with Gasteiger partial charge in [0.05, 0.1) is 13.2 Å². The van der Waals surface area contributed by atoms with Crippen molar-refractivity contribution in [3.05, 3.63) is 61.2 Å². The lowest BCUT2D eigenvalue weighted by Gasteiger charge is -2.57. The van der Waals surface area contributed by atoms with Crippen LogP contribution in [-0.4, -0.2) is 35.1 Å². The van der Waals surface area contributed by atoms with Gasteiger partial charge in [-0.2, -0.15) is 5.06 Å². The van der Waals surface area contributed by atoms with E-state index in [0.29, 0.717) is 26.1 Å². The highest BCUT2D eigenvalue weighted by atomic mass is 16.7. The average molecular weight is 374 g/mol. The summed E-state index contributed by atoms with van der Waals surface area (Å²) in [5.74, 6) is -0.689. The van der Waals surface area contributed by atoms with Crippen molar-refractivity contribution >= 4 is 0 Å². The van der Waals surface area contributed by atoms with E-state index in [9.17, 15) is 0 Å². The zero-order valence-corrected chi connectivity index (χ0v) is 17.5. The molecule has 0 spiro atoms. The van der Waals surface area contributed by atoms with Crippen LogP contribution in [0.2, 0.25) is 0 Å². The SMILES string of the molecule is C=CCOC1(OCC=C)CC(C)(C)N(OC(C)c2ccccc2)C(C)(C)C1. The Labute approximate surface area is 164 Å². The third-order valence-electron chi connectivity index (χ3n) is 4.96. The summed E-state index contributed by atoms with van der Waals surface area (Å²) in [6, 6.07) is 10.3. The van der Waals surface area contributed by atoms with Gasteiger partial charge >= 0.3 is 0 Å². The van der Waals surface area contributed by atoms with Crippen molar-refractivity contribution in [1.82, 2.24) is 5.06 Å². The summed E-state index contributed by atoms with van der Waals surface area (Å²) < 4.78 is 12.3. The molecular formula is C23H35NO3. The standard InChI is InChI=1S/C23H35NO3/c1-8-15-25-23(26-16-9-2)17-21(4,5)24(22(6,7)18-23)27-19(3)20-13-11-10-12-14-20/h8-14,19H,1-2,15-18H2,3-7H3. The van der Waals surface area contributed by atoms with E-state index in [1.807, 2.05) is 18.2 Å². The average Bonchev–Trinajstić information content (AvgIpc) is 2.61. The van der Waals surface area contributed by atoms with Crippen LogP contribution in [0.1, 0.15) is 59.1 Å². The molecule has 4 heteroatoms. The molecule has 0 N–H and O–H groups in total. The molecule has 0 bridgehead atoms. The molecule has 4 nitrogen and oxygen atoms in total. The maximum Gasteiger partial charge on any atom is 0.172 e. The summed E-state index contributed by atoms with van der Waals surface area (Å²) >= 11 is 0. The van der Waals surface area contributed by atoms with Crippen LogP contribution in [0, 0.1) is 0 Å². The Balaban J connectivity index is 2.26. The molecule has 1 atom stereocenters. The molecule has 1 aromatic carbocycles. The van der Waals surface area contributed by atoms with Crippen molar-refractivity contribution < 1.29 is 14.3 Å². The number of nitrogens with zero attached hydrogens (tertiary/aromatic N) is 1. The van der Waals surface area contributed by atoms with Crippen molar-refractivity contribution in [3.8, 4) is 0 Å². The minimum absolute atomic E-state index is 0.0413. The first-order valence-corrected chi connectivity index (χ1v) is 9.68. The molecule has 27 heavy (non-hydrogen) atoms. The lowest BCUT2D eigenvalue weighted by Crippen LogP contribution is -2.66. The Morgan fingerprint density at radius 1 is 0.963 bits per heavy atom. The highest BCUT2D eigenvalue weighted by Crippen LogP contribution is 2.47. The van der Waals surface area contributed by atoms with Crippen LogP contribution in [0.15, 0.2) is 55.6 Å². The van der Waals surface area contributed by atoms with Gasteiger partial charge in [-0.05, 0) is 40.2 Å². The normalized spacial score (nSPS) is 22.1. The summed E-state index contributed by atoms with van der Waals surface area (Å²) in [6.45, 7) is 19.3. The second kappa shape index (κ2) is 8.70. The van der Waals surface area contributed by atoms with Crippen LogP contribution in [0.4, 0.5) is 0 Å². The van der Waals surface area contributed by atoms with Gasteiger partial charge in [-0.25, -0.2) is 0 Å². The molecule has 2 rings (SSSR count). The molecule has 1 fully saturated rings. The van der Waals surface area contributed by atoms with E-state index in [2.05, 4.69) is 65.0 Å². The van der Waals surface area contributed by atoms with Crippen molar-refractivity contribution in [3.63, 3.8) is 0 Å². The third kappa shape index (κ3) is 5.29. The molecule has 1 aromatic rings. The Bertz CT molecular complexity index is 592. The first-order chi connectivity index (χ1) is 12.7. The summed E-state index contributed by atoms with van der Waals surface area (Å²) in [5, 5.41) is 2.13. The lowest BCUT2D eigenvalue weighted by atomic mass is 9.77. The van der Waals surface area contributed by atoms with Gasteiger partial charge in [0.15, 0.2) is 5.79 Å².